The van der Waals surface area contributed by atoms with Crippen LogP contribution >= 0.6 is 0 Å². The quantitative estimate of drug-likeness (QED) is 0.198. The van der Waals surface area contributed by atoms with Crippen molar-refractivity contribution in [3.63, 3.8) is 0 Å². The van der Waals surface area contributed by atoms with Gasteiger partial charge in [-0.25, -0.2) is 0 Å². The van der Waals surface area contributed by atoms with Crippen LogP contribution < -0.4 is 20.3 Å². The highest BCUT2D eigenvalue weighted by Gasteiger charge is 2.30. The van der Waals surface area contributed by atoms with Gasteiger partial charge in [0.25, 0.3) is 0 Å². The van der Waals surface area contributed by atoms with E-state index in [9.17, 15) is 9.59 Å². The maximum Gasteiger partial charge on any atom is 0.243 e. The van der Waals surface area contributed by atoms with E-state index in [4.69, 9.17) is 9.47 Å². The average molecular weight is 617 g/mol. The summed E-state index contributed by atoms with van der Waals surface area (Å²) in [7, 11) is 7.63. The third-order valence-corrected chi connectivity index (χ3v) is 7.87. The summed E-state index contributed by atoms with van der Waals surface area (Å²) >= 11 is 0. The van der Waals surface area contributed by atoms with Gasteiger partial charge in [0.2, 0.25) is 11.8 Å². The van der Waals surface area contributed by atoms with Crippen molar-refractivity contribution in [1.82, 2.24) is 15.5 Å². The number of ether oxygens (including phenoxy) is 2. The topological polar surface area (TPSA) is 83.1 Å². The first-order valence-corrected chi connectivity index (χ1v) is 15.9. The third-order valence-electron chi connectivity index (χ3n) is 7.87. The van der Waals surface area contributed by atoms with E-state index < -0.39 is 12.1 Å². The van der Waals surface area contributed by atoms with Gasteiger partial charge in [-0.2, -0.15) is 0 Å². The van der Waals surface area contributed by atoms with Crippen molar-refractivity contribution in [1.29, 1.82) is 0 Å². The number of hydrogen-bond acceptors (Lipinski definition) is 6. The van der Waals surface area contributed by atoms with Gasteiger partial charge in [-0.15, -0.1) is 0 Å². The molecule has 0 aromatic heterocycles. The molecule has 0 bridgehead atoms. The second-order valence-electron chi connectivity index (χ2n) is 12.4. The van der Waals surface area contributed by atoms with E-state index >= 15 is 0 Å². The van der Waals surface area contributed by atoms with Gasteiger partial charge in [-0.1, -0.05) is 75.4 Å². The van der Waals surface area contributed by atoms with E-state index in [-0.39, 0.29) is 17.9 Å². The number of hydrogen-bond donors (Lipinski definition) is 2. The monoisotopic (exact) mass is 616 g/mol. The molecule has 3 unspecified atom stereocenters. The number of amides is 2. The van der Waals surface area contributed by atoms with Crippen molar-refractivity contribution in [2.24, 2.45) is 5.92 Å². The normalized spacial score (nSPS) is 13.3. The zero-order valence-corrected chi connectivity index (χ0v) is 28.1. The Bertz CT molecular complexity index is 1300. The fourth-order valence-electron chi connectivity index (χ4n) is 5.17. The van der Waals surface area contributed by atoms with Crippen LogP contribution in [0.5, 0.6) is 5.75 Å². The third kappa shape index (κ3) is 11.9. The molecule has 0 radical (unpaired) electrons. The molecule has 0 heterocycles. The Balaban J connectivity index is 1.75. The molecule has 3 rings (SSSR count). The molecule has 8 heteroatoms. The van der Waals surface area contributed by atoms with Crippen LogP contribution in [0.1, 0.15) is 50.3 Å². The Kier molecular flexibility index (Phi) is 14.4. The highest BCUT2D eigenvalue weighted by molar-refractivity contribution is 5.90. The molecule has 0 fully saturated rings. The fourth-order valence-corrected chi connectivity index (χ4v) is 5.17. The molecule has 0 aliphatic rings. The lowest BCUT2D eigenvalue weighted by Crippen LogP contribution is -2.55. The lowest BCUT2D eigenvalue weighted by Gasteiger charge is -2.31. The molecule has 3 aromatic rings. The van der Waals surface area contributed by atoms with Gasteiger partial charge in [-0.3, -0.25) is 14.5 Å². The fraction of sp³-hybridized carbons (Fsp3) is 0.459. The Labute approximate surface area is 270 Å². The molecule has 0 aliphatic carbocycles. The van der Waals surface area contributed by atoms with Gasteiger partial charge in [0.15, 0.2) is 0 Å². The lowest BCUT2D eigenvalue weighted by molar-refractivity contribution is -0.132. The summed E-state index contributed by atoms with van der Waals surface area (Å²) in [4.78, 5) is 31.7. The number of rotatable bonds is 18. The number of carbonyl (C=O) groups excluding carboxylic acids is 2. The van der Waals surface area contributed by atoms with E-state index in [2.05, 4.69) is 58.5 Å². The van der Waals surface area contributed by atoms with Crippen molar-refractivity contribution in [2.75, 3.05) is 39.8 Å². The summed E-state index contributed by atoms with van der Waals surface area (Å²) in [5.74, 6) is 0.665. The molecule has 8 nitrogen and oxygen atoms in total. The molecule has 3 atom stereocenters. The van der Waals surface area contributed by atoms with Crippen LogP contribution in [-0.2, 0) is 33.9 Å². The molecule has 45 heavy (non-hydrogen) atoms. The van der Waals surface area contributed by atoms with E-state index in [0.717, 1.165) is 34.5 Å². The molecule has 3 aromatic carbocycles. The maximum atomic E-state index is 13.9. The van der Waals surface area contributed by atoms with Crippen molar-refractivity contribution < 1.29 is 19.1 Å². The molecule has 2 amide bonds. The Morgan fingerprint density at radius 2 is 1.44 bits per heavy atom. The van der Waals surface area contributed by atoms with Crippen molar-refractivity contribution >= 4 is 17.5 Å². The second-order valence-corrected chi connectivity index (χ2v) is 12.4. The standard InChI is InChI=1S/C37H52N4O4/c1-8-31(26-44-7)38-36(42)34(23-28-16-20-33(21-17-28)45-25-30-12-10-9-11-13-30)39-37(43)35(22-27(2)3)41(6)24-29-14-18-32(19-15-29)40(4)5/h9-21,27,31,34-35H,8,22-26H2,1-7H3,(H,38,42)(H,39,43). The lowest BCUT2D eigenvalue weighted by atomic mass is 9.99. The second kappa shape index (κ2) is 18.2. The number of likely N-dealkylation sites (N-methyl/N-ethyl adjacent to an activating group) is 1. The average Bonchev–Trinajstić information content (AvgIpc) is 3.03. The van der Waals surface area contributed by atoms with Gasteiger partial charge >= 0.3 is 0 Å². The smallest absolute Gasteiger partial charge is 0.243 e. The van der Waals surface area contributed by atoms with Crippen LogP contribution in [-0.4, -0.2) is 69.7 Å². The van der Waals surface area contributed by atoms with Gasteiger partial charge in [0.05, 0.1) is 18.7 Å². The van der Waals surface area contributed by atoms with Crippen LogP contribution in [0, 0.1) is 5.92 Å². The minimum absolute atomic E-state index is 0.144. The number of nitrogens with one attached hydrogen (secondary N) is 2. The van der Waals surface area contributed by atoms with Crippen molar-refractivity contribution in [3.05, 3.63) is 95.6 Å². The van der Waals surface area contributed by atoms with Crippen molar-refractivity contribution in [3.8, 4) is 5.75 Å². The summed E-state index contributed by atoms with van der Waals surface area (Å²) in [5.41, 5.74) is 4.27. The number of benzene rings is 3. The predicted molar refractivity (Wildman–Crippen MR) is 182 cm³/mol. The molecule has 0 saturated carbocycles. The molecule has 0 spiro atoms. The highest BCUT2D eigenvalue weighted by atomic mass is 16.5. The molecular weight excluding hydrogens is 564 g/mol. The number of methoxy groups -OCH3 is 1. The predicted octanol–water partition coefficient (Wildman–Crippen LogP) is 5.45. The minimum atomic E-state index is -0.748. The van der Waals surface area contributed by atoms with Crippen LogP contribution in [0.25, 0.3) is 0 Å². The molecule has 0 aliphatic heterocycles. The van der Waals surface area contributed by atoms with Gasteiger partial charge in [0.1, 0.15) is 18.4 Å². The van der Waals surface area contributed by atoms with E-state index in [1.165, 1.54) is 0 Å². The largest absolute Gasteiger partial charge is 0.489 e. The van der Waals surface area contributed by atoms with Gasteiger partial charge in [-0.05, 0) is 66.8 Å². The van der Waals surface area contributed by atoms with Crippen LogP contribution in [0.3, 0.4) is 0 Å². The Hall–Kier alpha value is -3.88. The van der Waals surface area contributed by atoms with Crippen molar-refractivity contribution in [2.45, 2.75) is 71.3 Å². The van der Waals surface area contributed by atoms with E-state index in [1.54, 1.807) is 7.11 Å². The van der Waals surface area contributed by atoms with E-state index in [1.807, 2.05) is 82.7 Å². The first-order valence-electron chi connectivity index (χ1n) is 15.9. The number of anilines is 1. The zero-order chi connectivity index (χ0) is 32.8. The number of nitrogens with zero attached hydrogens (tertiary/aromatic N) is 2. The van der Waals surface area contributed by atoms with Crippen LogP contribution in [0.15, 0.2) is 78.9 Å². The molecule has 244 valence electrons. The minimum Gasteiger partial charge on any atom is -0.489 e. The summed E-state index contributed by atoms with van der Waals surface area (Å²) in [5, 5.41) is 6.21. The molecular formula is C37H52N4O4. The summed E-state index contributed by atoms with van der Waals surface area (Å²) in [6, 6.07) is 24.8. The Morgan fingerprint density at radius 3 is 2.02 bits per heavy atom. The first kappa shape index (κ1) is 35.6. The molecule has 0 saturated heterocycles. The number of carbonyl (C=O) groups is 2. The van der Waals surface area contributed by atoms with Gasteiger partial charge in [0, 0.05) is 39.9 Å². The van der Waals surface area contributed by atoms with Crippen LogP contribution in [0.2, 0.25) is 0 Å². The highest BCUT2D eigenvalue weighted by Crippen LogP contribution is 2.19. The SMILES string of the molecule is CCC(COC)NC(=O)C(Cc1ccc(OCc2ccccc2)cc1)NC(=O)C(CC(C)C)N(C)Cc1ccc(N(C)C)cc1. The summed E-state index contributed by atoms with van der Waals surface area (Å²) in [6.07, 6.45) is 1.74. The summed E-state index contributed by atoms with van der Waals surface area (Å²) < 4.78 is 11.3. The Morgan fingerprint density at radius 1 is 0.800 bits per heavy atom. The van der Waals surface area contributed by atoms with E-state index in [0.29, 0.717) is 38.5 Å². The maximum absolute atomic E-state index is 13.9. The van der Waals surface area contributed by atoms with Crippen LogP contribution in [0.4, 0.5) is 5.69 Å². The summed E-state index contributed by atoms with van der Waals surface area (Å²) in [6.45, 7) is 7.73. The zero-order valence-electron chi connectivity index (χ0n) is 28.1. The van der Waals surface area contributed by atoms with Gasteiger partial charge < -0.3 is 25.0 Å². The molecule has 2 N–H and O–H groups in total. The first-order chi connectivity index (χ1) is 21.6.